The summed E-state index contributed by atoms with van der Waals surface area (Å²) in [6.45, 7) is 1.73. The van der Waals surface area contributed by atoms with Crippen molar-refractivity contribution in [3.63, 3.8) is 0 Å². The molecule has 0 unspecified atom stereocenters. The molecule has 82 valence electrons. The highest BCUT2D eigenvalue weighted by atomic mass is 31.2. The van der Waals surface area contributed by atoms with Gasteiger partial charge in [-0.15, -0.1) is 4.76 Å². The van der Waals surface area contributed by atoms with Crippen LogP contribution < -0.4 is 0 Å². The average Bonchev–Trinajstić information content (AvgIpc) is 2.49. The summed E-state index contributed by atoms with van der Waals surface area (Å²) < 4.78 is 25.2. The van der Waals surface area contributed by atoms with Gasteiger partial charge in [-0.2, -0.15) is 0 Å². The van der Waals surface area contributed by atoms with Crippen molar-refractivity contribution in [2.24, 2.45) is 4.76 Å². The van der Waals surface area contributed by atoms with E-state index < -0.39 is 7.75 Å². The lowest BCUT2D eigenvalue weighted by atomic mass is 10.6. The van der Waals surface area contributed by atoms with Gasteiger partial charge >= 0.3 is 7.75 Å². The summed E-state index contributed by atoms with van der Waals surface area (Å²) in [5, 5.41) is 0. The standard InChI is InChI=1S/C7H16N3O3P/c1-9-5-6-10(2)7(9)8-14(11,12-3)13-4/h5-6H2,1-4H3. The number of likely N-dealkylation sites (N-methyl/N-ethyl adjacent to an activating group) is 2. The van der Waals surface area contributed by atoms with E-state index in [1.807, 2.05) is 23.9 Å². The van der Waals surface area contributed by atoms with Gasteiger partial charge in [0.1, 0.15) is 0 Å². The van der Waals surface area contributed by atoms with Crippen LogP contribution in [0.3, 0.4) is 0 Å². The predicted molar refractivity (Wildman–Crippen MR) is 54.3 cm³/mol. The largest absolute Gasteiger partial charge is 0.456 e. The Hall–Kier alpha value is -0.580. The molecule has 14 heavy (non-hydrogen) atoms. The van der Waals surface area contributed by atoms with Crippen LogP contribution in [0.2, 0.25) is 0 Å². The maximum Gasteiger partial charge on any atom is 0.456 e. The van der Waals surface area contributed by atoms with Crippen molar-refractivity contribution in [2.75, 3.05) is 41.4 Å². The maximum atomic E-state index is 11.7. The van der Waals surface area contributed by atoms with Crippen molar-refractivity contribution in [1.29, 1.82) is 0 Å². The van der Waals surface area contributed by atoms with Crippen LogP contribution in [0.5, 0.6) is 0 Å². The molecule has 1 fully saturated rings. The molecule has 0 aromatic rings. The summed E-state index contributed by atoms with van der Waals surface area (Å²) in [5.41, 5.74) is 0. The first-order valence-corrected chi connectivity index (χ1v) is 5.76. The van der Waals surface area contributed by atoms with E-state index in [9.17, 15) is 4.57 Å². The monoisotopic (exact) mass is 221 g/mol. The van der Waals surface area contributed by atoms with Crippen LogP contribution in [0.15, 0.2) is 4.76 Å². The lowest BCUT2D eigenvalue weighted by Gasteiger charge is -2.17. The molecule has 0 spiro atoms. The fraction of sp³-hybridized carbons (Fsp3) is 0.857. The number of rotatable bonds is 3. The molecular weight excluding hydrogens is 205 g/mol. The molecule has 0 aromatic heterocycles. The summed E-state index contributed by atoms with van der Waals surface area (Å²) in [7, 11) is 3.12. The van der Waals surface area contributed by atoms with E-state index >= 15 is 0 Å². The Labute approximate surface area is 84.1 Å². The van der Waals surface area contributed by atoms with Gasteiger partial charge in [-0.1, -0.05) is 0 Å². The molecule has 1 aliphatic rings. The highest BCUT2D eigenvalue weighted by molar-refractivity contribution is 7.52. The van der Waals surface area contributed by atoms with Crippen molar-refractivity contribution in [3.05, 3.63) is 0 Å². The van der Waals surface area contributed by atoms with Gasteiger partial charge in [0.25, 0.3) is 0 Å². The zero-order valence-electron chi connectivity index (χ0n) is 8.93. The summed E-state index contributed by atoms with van der Waals surface area (Å²) >= 11 is 0. The average molecular weight is 221 g/mol. The molecule has 0 N–H and O–H groups in total. The van der Waals surface area contributed by atoms with Crippen LogP contribution in [-0.4, -0.2) is 57.2 Å². The summed E-state index contributed by atoms with van der Waals surface area (Å²) in [5.74, 6) is 0.636. The smallest absolute Gasteiger partial charge is 0.344 e. The Morgan fingerprint density at radius 2 is 1.64 bits per heavy atom. The third-order valence-corrected chi connectivity index (χ3v) is 3.47. The summed E-state index contributed by atoms with van der Waals surface area (Å²) in [6, 6.07) is 0. The Kier molecular flexibility index (Phi) is 3.53. The second kappa shape index (κ2) is 4.29. The van der Waals surface area contributed by atoms with Gasteiger partial charge in [-0.25, -0.2) is 4.57 Å². The van der Waals surface area contributed by atoms with Crippen molar-refractivity contribution in [3.8, 4) is 0 Å². The molecule has 0 radical (unpaired) electrons. The SMILES string of the molecule is COP(=O)(N=C1N(C)CCN1C)OC. The first-order chi connectivity index (χ1) is 6.52. The number of hydrogen-bond acceptors (Lipinski definition) is 3. The highest BCUT2D eigenvalue weighted by Gasteiger charge is 2.27. The van der Waals surface area contributed by atoms with Crippen LogP contribution in [0.1, 0.15) is 0 Å². The molecule has 6 nitrogen and oxygen atoms in total. The van der Waals surface area contributed by atoms with E-state index in [-0.39, 0.29) is 0 Å². The Bertz CT molecular complexity index is 261. The zero-order chi connectivity index (χ0) is 10.8. The van der Waals surface area contributed by atoms with Gasteiger partial charge in [0.15, 0.2) is 0 Å². The molecular formula is C7H16N3O3P. The molecule has 0 aromatic carbocycles. The van der Waals surface area contributed by atoms with Crippen LogP contribution in [0, 0.1) is 0 Å². The van der Waals surface area contributed by atoms with Crippen LogP contribution in [0.4, 0.5) is 0 Å². The molecule has 1 saturated heterocycles. The van der Waals surface area contributed by atoms with E-state index in [2.05, 4.69) is 4.76 Å². The summed E-state index contributed by atoms with van der Waals surface area (Å²) in [6.07, 6.45) is 0. The first-order valence-electron chi connectivity index (χ1n) is 4.26. The predicted octanol–water partition coefficient (Wildman–Crippen LogP) is 0.621. The lowest BCUT2D eigenvalue weighted by Crippen LogP contribution is -2.28. The molecule has 7 heteroatoms. The molecule has 0 atom stereocenters. The van der Waals surface area contributed by atoms with E-state index in [1.165, 1.54) is 14.2 Å². The van der Waals surface area contributed by atoms with Gasteiger partial charge in [0, 0.05) is 41.4 Å². The molecule has 1 rings (SSSR count). The summed E-state index contributed by atoms with van der Waals surface area (Å²) in [4.78, 5) is 3.81. The minimum atomic E-state index is -3.30. The third kappa shape index (κ3) is 2.26. The van der Waals surface area contributed by atoms with Gasteiger partial charge in [-0.3, -0.25) is 9.05 Å². The number of hydrogen-bond donors (Lipinski definition) is 0. The number of guanidine groups is 1. The molecule has 0 bridgehead atoms. The quantitative estimate of drug-likeness (QED) is 0.654. The Morgan fingerprint density at radius 1 is 1.21 bits per heavy atom. The molecule has 1 aliphatic heterocycles. The second-order valence-corrected chi connectivity index (χ2v) is 4.94. The topological polar surface area (TPSA) is 54.4 Å². The normalized spacial score (nSPS) is 17.9. The van der Waals surface area contributed by atoms with Crippen LogP contribution >= 0.6 is 7.75 Å². The number of nitrogens with zero attached hydrogens (tertiary/aromatic N) is 3. The lowest BCUT2D eigenvalue weighted by molar-refractivity contribution is 0.276. The zero-order valence-corrected chi connectivity index (χ0v) is 9.82. The molecule has 1 heterocycles. The highest BCUT2D eigenvalue weighted by Crippen LogP contribution is 2.48. The Balaban J connectivity index is 2.90. The van der Waals surface area contributed by atoms with Gasteiger partial charge in [0.05, 0.1) is 0 Å². The van der Waals surface area contributed by atoms with Gasteiger partial charge in [-0.05, 0) is 0 Å². The minimum Gasteiger partial charge on any atom is -0.344 e. The second-order valence-electron chi connectivity index (χ2n) is 3.08. The van der Waals surface area contributed by atoms with Gasteiger partial charge in [0.2, 0.25) is 5.96 Å². The first kappa shape index (κ1) is 11.5. The maximum absolute atomic E-state index is 11.7. The van der Waals surface area contributed by atoms with Gasteiger partial charge < -0.3 is 9.80 Å². The minimum absolute atomic E-state index is 0.636. The van der Waals surface area contributed by atoms with Crippen molar-refractivity contribution in [1.82, 2.24) is 9.80 Å². The molecule has 0 saturated carbocycles. The molecule has 0 amide bonds. The van der Waals surface area contributed by atoms with Crippen LogP contribution in [0.25, 0.3) is 0 Å². The Morgan fingerprint density at radius 3 is 2.00 bits per heavy atom. The fourth-order valence-electron chi connectivity index (χ4n) is 1.21. The van der Waals surface area contributed by atoms with E-state index in [1.54, 1.807) is 0 Å². The third-order valence-electron chi connectivity index (χ3n) is 2.13. The van der Waals surface area contributed by atoms with E-state index in [0.717, 1.165) is 13.1 Å². The van der Waals surface area contributed by atoms with Crippen molar-refractivity contribution in [2.45, 2.75) is 0 Å². The van der Waals surface area contributed by atoms with Crippen molar-refractivity contribution >= 4 is 13.7 Å². The van der Waals surface area contributed by atoms with Crippen LogP contribution in [-0.2, 0) is 13.6 Å². The van der Waals surface area contributed by atoms with E-state index in [4.69, 9.17) is 9.05 Å². The van der Waals surface area contributed by atoms with E-state index in [0.29, 0.717) is 5.96 Å². The van der Waals surface area contributed by atoms with Crippen molar-refractivity contribution < 1.29 is 13.6 Å². The fourth-order valence-corrected chi connectivity index (χ4v) is 2.05. The molecule has 0 aliphatic carbocycles.